The summed E-state index contributed by atoms with van der Waals surface area (Å²) in [4.78, 5) is 0.0214. The Labute approximate surface area is 135 Å². The molecule has 0 unspecified atom stereocenters. The molecule has 2 rings (SSSR count). The van der Waals surface area contributed by atoms with Gasteiger partial charge in [-0.2, -0.15) is 0 Å². The van der Waals surface area contributed by atoms with Crippen LogP contribution in [0.5, 0.6) is 0 Å². The van der Waals surface area contributed by atoms with E-state index in [1.54, 1.807) is 24.3 Å². The Hall–Kier alpha value is -0.750. The molecule has 0 radical (unpaired) electrons. The van der Waals surface area contributed by atoms with Gasteiger partial charge in [0, 0.05) is 15.2 Å². The van der Waals surface area contributed by atoms with Crippen LogP contribution in [-0.2, 0) is 15.6 Å². The van der Waals surface area contributed by atoms with Gasteiger partial charge >= 0.3 is 0 Å². The molecule has 0 aliphatic heterocycles. The van der Waals surface area contributed by atoms with Crippen LogP contribution in [-0.4, -0.2) is 8.42 Å². The molecule has 0 heterocycles. The second kappa shape index (κ2) is 5.93. The van der Waals surface area contributed by atoms with Crippen molar-refractivity contribution in [2.45, 2.75) is 10.6 Å². The van der Waals surface area contributed by atoms with Gasteiger partial charge in [0.05, 0.1) is 15.7 Å². The predicted octanol–water partition coefficient (Wildman–Crippen LogP) is 4.31. The maximum Gasteiger partial charge on any atom is 0.184 e. The first-order valence-electron chi connectivity index (χ1n) is 5.51. The molecule has 2 aromatic rings. The van der Waals surface area contributed by atoms with Gasteiger partial charge < -0.3 is 5.73 Å². The third kappa shape index (κ3) is 3.47. The van der Waals surface area contributed by atoms with Crippen LogP contribution < -0.4 is 5.73 Å². The third-order valence-corrected chi connectivity index (χ3v) is 5.77. The van der Waals surface area contributed by atoms with Gasteiger partial charge in [-0.15, -0.1) is 0 Å². The van der Waals surface area contributed by atoms with Crippen LogP contribution in [0, 0.1) is 0 Å². The second-order valence-electron chi connectivity index (χ2n) is 4.19. The number of hydrogen-bond acceptors (Lipinski definition) is 3. The van der Waals surface area contributed by atoms with Crippen LogP contribution in [0.25, 0.3) is 0 Å². The highest BCUT2D eigenvalue weighted by molar-refractivity contribution is 9.10. The number of benzene rings is 2. The van der Waals surface area contributed by atoms with E-state index in [9.17, 15) is 8.42 Å². The molecule has 0 atom stereocenters. The molecule has 0 aliphatic rings. The van der Waals surface area contributed by atoms with Gasteiger partial charge in [-0.1, -0.05) is 29.3 Å². The van der Waals surface area contributed by atoms with Crippen molar-refractivity contribution in [2.75, 3.05) is 5.73 Å². The van der Waals surface area contributed by atoms with Crippen molar-refractivity contribution in [3.05, 3.63) is 56.5 Å². The first-order valence-corrected chi connectivity index (χ1v) is 8.71. The van der Waals surface area contributed by atoms with E-state index in [0.717, 1.165) is 4.47 Å². The lowest BCUT2D eigenvalue weighted by molar-refractivity contribution is 0.595. The molecule has 7 heteroatoms. The topological polar surface area (TPSA) is 60.2 Å². The minimum atomic E-state index is -3.58. The number of halogens is 3. The Morgan fingerprint density at radius 2 is 1.80 bits per heavy atom. The van der Waals surface area contributed by atoms with Gasteiger partial charge in [-0.25, -0.2) is 8.42 Å². The van der Waals surface area contributed by atoms with Gasteiger partial charge in [-0.05, 0) is 51.8 Å². The van der Waals surface area contributed by atoms with Gasteiger partial charge in [-0.3, -0.25) is 0 Å². The zero-order valence-electron chi connectivity index (χ0n) is 10.1. The SMILES string of the molecule is Nc1cc(CS(=O)(=O)c2cc(Cl)ccc2Cl)ccc1Br. The van der Waals surface area contributed by atoms with Gasteiger partial charge in [0.2, 0.25) is 0 Å². The third-order valence-electron chi connectivity index (χ3n) is 2.65. The normalized spacial score (nSPS) is 11.6. The molecular weight excluding hydrogens is 385 g/mol. The zero-order valence-corrected chi connectivity index (χ0v) is 14.0. The molecule has 2 aromatic carbocycles. The lowest BCUT2D eigenvalue weighted by Gasteiger charge is -2.08. The molecule has 0 bridgehead atoms. The summed E-state index contributed by atoms with van der Waals surface area (Å²) in [5.41, 5.74) is 6.81. The molecule has 106 valence electrons. The standard InChI is InChI=1S/C13H10BrCl2NO2S/c14-10-3-1-8(5-12(10)17)7-20(18,19)13-6-9(15)2-4-11(13)16/h1-6H,7,17H2. The summed E-state index contributed by atoms with van der Waals surface area (Å²) < 4.78 is 25.5. The Kier molecular flexibility index (Phi) is 4.64. The Balaban J connectivity index is 2.40. The van der Waals surface area contributed by atoms with Crippen molar-refractivity contribution in [1.29, 1.82) is 0 Å². The minimum absolute atomic E-state index is 0.0214. The maximum atomic E-state index is 12.4. The number of hydrogen-bond donors (Lipinski definition) is 1. The molecule has 2 N–H and O–H groups in total. The summed E-state index contributed by atoms with van der Waals surface area (Å²) in [7, 11) is -3.58. The number of nitrogens with two attached hydrogens (primary N) is 1. The van der Waals surface area contributed by atoms with Gasteiger partial charge in [0.15, 0.2) is 9.84 Å². The molecule has 0 spiro atoms. The average Bonchev–Trinajstić information content (AvgIpc) is 2.36. The van der Waals surface area contributed by atoms with E-state index in [1.165, 1.54) is 12.1 Å². The second-order valence-corrected chi connectivity index (χ2v) is 7.85. The summed E-state index contributed by atoms with van der Waals surface area (Å²) in [6, 6.07) is 9.37. The average molecular weight is 395 g/mol. The number of anilines is 1. The first kappa shape index (κ1) is 15.6. The monoisotopic (exact) mass is 393 g/mol. The van der Waals surface area contributed by atoms with E-state index in [-0.39, 0.29) is 15.7 Å². The molecule has 0 amide bonds. The Morgan fingerprint density at radius 3 is 2.45 bits per heavy atom. The van der Waals surface area contributed by atoms with E-state index >= 15 is 0 Å². The highest BCUT2D eigenvalue weighted by Gasteiger charge is 2.19. The molecule has 0 saturated heterocycles. The van der Waals surface area contributed by atoms with Crippen molar-refractivity contribution in [3.63, 3.8) is 0 Å². The van der Waals surface area contributed by atoms with Crippen LogP contribution in [0.2, 0.25) is 10.0 Å². The largest absolute Gasteiger partial charge is 0.398 e. The summed E-state index contributed by atoms with van der Waals surface area (Å²) in [6.45, 7) is 0. The number of sulfone groups is 1. The van der Waals surface area contributed by atoms with Crippen LogP contribution in [0.3, 0.4) is 0 Å². The van der Waals surface area contributed by atoms with E-state index in [2.05, 4.69) is 15.9 Å². The lowest BCUT2D eigenvalue weighted by Crippen LogP contribution is -2.06. The maximum absolute atomic E-state index is 12.4. The fraction of sp³-hybridized carbons (Fsp3) is 0.0769. The molecule has 0 fully saturated rings. The van der Waals surface area contributed by atoms with Crippen molar-refractivity contribution < 1.29 is 8.42 Å². The Morgan fingerprint density at radius 1 is 1.10 bits per heavy atom. The van der Waals surface area contributed by atoms with Gasteiger partial charge in [0.25, 0.3) is 0 Å². The van der Waals surface area contributed by atoms with E-state index < -0.39 is 9.84 Å². The van der Waals surface area contributed by atoms with Crippen LogP contribution >= 0.6 is 39.1 Å². The molecule has 0 aromatic heterocycles. The van der Waals surface area contributed by atoms with Crippen LogP contribution in [0.4, 0.5) is 5.69 Å². The zero-order chi connectivity index (χ0) is 14.9. The minimum Gasteiger partial charge on any atom is -0.398 e. The summed E-state index contributed by atoms with van der Waals surface area (Å²) in [6.07, 6.45) is 0. The molecule has 0 aliphatic carbocycles. The van der Waals surface area contributed by atoms with E-state index in [4.69, 9.17) is 28.9 Å². The van der Waals surface area contributed by atoms with Crippen molar-refractivity contribution in [2.24, 2.45) is 0 Å². The number of rotatable bonds is 3. The van der Waals surface area contributed by atoms with Crippen LogP contribution in [0.15, 0.2) is 45.8 Å². The summed E-state index contributed by atoms with van der Waals surface area (Å²) in [5, 5.41) is 0.475. The van der Waals surface area contributed by atoms with Crippen molar-refractivity contribution in [1.82, 2.24) is 0 Å². The smallest absolute Gasteiger partial charge is 0.184 e. The van der Waals surface area contributed by atoms with Crippen LogP contribution in [0.1, 0.15) is 5.56 Å². The van der Waals surface area contributed by atoms with Crippen molar-refractivity contribution >= 4 is 54.7 Å². The van der Waals surface area contributed by atoms with Gasteiger partial charge in [0.1, 0.15) is 0 Å². The Bertz CT molecular complexity index is 763. The van der Waals surface area contributed by atoms with E-state index in [0.29, 0.717) is 16.3 Å². The van der Waals surface area contributed by atoms with E-state index in [1.807, 2.05) is 0 Å². The molecule has 20 heavy (non-hydrogen) atoms. The quantitative estimate of drug-likeness (QED) is 0.789. The predicted molar refractivity (Wildman–Crippen MR) is 85.9 cm³/mol. The molecule has 3 nitrogen and oxygen atoms in total. The molecular formula is C13H10BrCl2NO2S. The lowest BCUT2D eigenvalue weighted by atomic mass is 10.2. The molecule has 0 saturated carbocycles. The summed E-state index contributed by atoms with van der Waals surface area (Å²) >= 11 is 15.0. The number of nitrogen functional groups attached to an aromatic ring is 1. The highest BCUT2D eigenvalue weighted by atomic mass is 79.9. The first-order chi connectivity index (χ1) is 9.29. The highest BCUT2D eigenvalue weighted by Crippen LogP contribution is 2.29. The fourth-order valence-corrected chi connectivity index (χ4v) is 4.09. The fourth-order valence-electron chi connectivity index (χ4n) is 1.70. The van der Waals surface area contributed by atoms with Crippen molar-refractivity contribution in [3.8, 4) is 0 Å². The summed E-state index contributed by atoms with van der Waals surface area (Å²) in [5.74, 6) is -0.190.